The number of hydrogen-bond acceptors (Lipinski definition) is 3. The third-order valence-electron chi connectivity index (χ3n) is 5.03. The lowest BCUT2D eigenvalue weighted by Gasteiger charge is -2.37. The minimum Gasteiger partial charge on any atom is -0.348 e. The highest BCUT2D eigenvalue weighted by atomic mass is 32.2. The molecule has 0 spiro atoms. The smallest absolute Gasteiger partial charge is 0.234 e. The summed E-state index contributed by atoms with van der Waals surface area (Å²) in [4.78, 5) is 14.8. The number of fused-ring (bicyclic) bond motifs is 1. The molecule has 1 aliphatic heterocycles. The molecule has 1 fully saturated rings. The van der Waals surface area contributed by atoms with E-state index in [-0.39, 0.29) is 11.9 Å². The second-order valence-electron chi connectivity index (χ2n) is 6.64. The zero-order valence-corrected chi connectivity index (χ0v) is 15.5. The fraction of sp³-hybridized carbons (Fsp3) is 0.450. The van der Waals surface area contributed by atoms with Crippen LogP contribution in [-0.4, -0.2) is 40.9 Å². The van der Waals surface area contributed by atoms with E-state index in [2.05, 4.69) is 67.4 Å². The van der Waals surface area contributed by atoms with Crippen LogP contribution in [0.15, 0.2) is 42.5 Å². The molecule has 2 aromatic rings. The van der Waals surface area contributed by atoms with Gasteiger partial charge < -0.3 is 5.32 Å². The monoisotopic (exact) mass is 342 g/mol. The number of amides is 1. The topological polar surface area (TPSA) is 32.3 Å². The van der Waals surface area contributed by atoms with E-state index in [4.69, 9.17) is 0 Å². The van der Waals surface area contributed by atoms with Crippen molar-refractivity contribution in [2.24, 2.45) is 0 Å². The van der Waals surface area contributed by atoms with Crippen molar-refractivity contribution in [3.8, 4) is 0 Å². The molecular weight excluding hydrogens is 316 g/mol. The average molecular weight is 343 g/mol. The molecule has 3 unspecified atom stereocenters. The SMILES string of the molecule is CC(NC(=O)CN1CCSC(C)C1C)c1cccc2ccccc12. The van der Waals surface area contributed by atoms with Gasteiger partial charge in [-0.25, -0.2) is 0 Å². The van der Waals surface area contributed by atoms with Gasteiger partial charge in [0.05, 0.1) is 12.6 Å². The Morgan fingerprint density at radius 1 is 1.25 bits per heavy atom. The normalized spacial score (nSPS) is 23.1. The van der Waals surface area contributed by atoms with Gasteiger partial charge in [0.2, 0.25) is 5.91 Å². The first-order valence-corrected chi connectivity index (χ1v) is 9.74. The van der Waals surface area contributed by atoms with E-state index >= 15 is 0 Å². The summed E-state index contributed by atoms with van der Waals surface area (Å²) >= 11 is 2.00. The van der Waals surface area contributed by atoms with Gasteiger partial charge in [0.1, 0.15) is 0 Å². The second kappa shape index (κ2) is 7.58. The predicted molar refractivity (Wildman–Crippen MR) is 103 cm³/mol. The zero-order valence-electron chi connectivity index (χ0n) is 14.7. The summed E-state index contributed by atoms with van der Waals surface area (Å²) in [5.41, 5.74) is 1.18. The first-order chi connectivity index (χ1) is 11.6. The molecule has 1 amide bonds. The zero-order chi connectivity index (χ0) is 17.1. The Morgan fingerprint density at radius 3 is 2.83 bits per heavy atom. The van der Waals surface area contributed by atoms with Crippen LogP contribution in [0.3, 0.4) is 0 Å². The minimum atomic E-state index is 0.00972. The Bertz CT molecular complexity index is 712. The van der Waals surface area contributed by atoms with Crippen molar-refractivity contribution in [3.63, 3.8) is 0 Å². The standard InChI is InChI=1S/C20H26N2OS/c1-14(18-10-6-8-17-7-4-5-9-19(17)18)21-20(23)13-22-11-12-24-16(3)15(22)2/h4-10,14-16H,11-13H2,1-3H3,(H,21,23). The third kappa shape index (κ3) is 3.76. The van der Waals surface area contributed by atoms with Crippen LogP contribution in [0.5, 0.6) is 0 Å². The van der Waals surface area contributed by atoms with Crippen LogP contribution in [0.4, 0.5) is 0 Å². The average Bonchev–Trinajstić information content (AvgIpc) is 2.58. The lowest BCUT2D eigenvalue weighted by atomic mass is 10.00. The van der Waals surface area contributed by atoms with Crippen molar-refractivity contribution in [2.75, 3.05) is 18.8 Å². The molecule has 2 aromatic carbocycles. The Kier molecular flexibility index (Phi) is 5.47. The summed E-state index contributed by atoms with van der Waals surface area (Å²) in [6, 6.07) is 15.1. The number of rotatable bonds is 4. The van der Waals surface area contributed by atoms with Crippen molar-refractivity contribution in [3.05, 3.63) is 48.0 Å². The molecule has 0 bridgehead atoms. The van der Waals surface area contributed by atoms with Crippen LogP contribution < -0.4 is 5.32 Å². The number of thioether (sulfide) groups is 1. The Balaban J connectivity index is 1.67. The van der Waals surface area contributed by atoms with Gasteiger partial charge in [-0.15, -0.1) is 0 Å². The number of carbonyl (C=O) groups is 1. The van der Waals surface area contributed by atoms with Crippen molar-refractivity contribution >= 4 is 28.4 Å². The van der Waals surface area contributed by atoms with Gasteiger partial charge in [0.15, 0.2) is 0 Å². The summed E-state index contributed by atoms with van der Waals surface area (Å²) in [5, 5.41) is 6.20. The maximum Gasteiger partial charge on any atom is 0.234 e. The molecule has 0 radical (unpaired) electrons. The minimum absolute atomic E-state index is 0.00972. The number of carbonyl (C=O) groups excluding carboxylic acids is 1. The van der Waals surface area contributed by atoms with E-state index in [1.165, 1.54) is 16.3 Å². The van der Waals surface area contributed by atoms with Crippen LogP contribution in [0.1, 0.15) is 32.4 Å². The number of hydrogen-bond donors (Lipinski definition) is 1. The van der Waals surface area contributed by atoms with Crippen molar-refractivity contribution in [1.82, 2.24) is 10.2 Å². The highest BCUT2D eigenvalue weighted by molar-refractivity contribution is 8.00. The molecule has 1 heterocycles. The molecule has 3 atom stereocenters. The van der Waals surface area contributed by atoms with Gasteiger partial charge in [-0.3, -0.25) is 9.69 Å². The van der Waals surface area contributed by atoms with Crippen molar-refractivity contribution in [2.45, 2.75) is 38.1 Å². The number of benzene rings is 2. The fourth-order valence-corrected chi connectivity index (χ4v) is 4.56. The molecule has 0 aromatic heterocycles. The number of nitrogens with one attached hydrogen (secondary N) is 1. The van der Waals surface area contributed by atoms with Gasteiger partial charge in [-0.05, 0) is 30.2 Å². The molecule has 1 N–H and O–H groups in total. The Hall–Kier alpha value is -1.52. The van der Waals surface area contributed by atoms with Crippen molar-refractivity contribution < 1.29 is 4.79 Å². The van der Waals surface area contributed by atoms with Gasteiger partial charge in [-0.1, -0.05) is 49.4 Å². The van der Waals surface area contributed by atoms with Gasteiger partial charge in [0.25, 0.3) is 0 Å². The molecule has 4 heteroatoms. The lowest BCUT2D eigenvalue weighted by Crippen LogP contribution is -2.49. The predicted octanol–water partition coefficient (Wildman–Crippen LogP) is 3.84. The van der Waals surface area contributed by atoms with E-state index < -0.39 is 0 Å². The molecule has 1 saturated heterocycles. The molecule has 0 aliphatic carbocycles. The van der Waals surface area contributed by atoms with Crippen LogP contribution in [-0.2, 0) is 4.79 Å². The fourth-order valence-electron chi connectivity index (χ4n) is 3.40. The van der Waals surface area contributed by atoms with Gasteiger partial charge >= 0.3 is 0 Å². The maximum atomic E-state index is 12.5. The van der Waals surface area contributed by atoms with E-state index in [1.54, 1.807) is 0 Å². The first kappa shape index (κ1) is 17.3. The van der Waals surface area contributed by atoms with Crippen LogP contribution in [0, 0.1) is 0 Å². The van der Waals surface area contributed by atoms with Crippen LogP contribution >= 0.6 is 11.8 Å². The lowest BCUT2D eigenvalue weighted by molar-refractivity contribution is -0.123. The van der Waals surface area contributed by atoms with Gasteiger partial charge in [0, 0.05) is 23.6 Å². The van der Waals surface area contributed by atoms with Crippen LogP contribution in [0.2, 0.25) is 0 Å². The molecule has 24 heavy (non-hydrogen) atoms. The highest BCUT2D eigenvalue weighted by Crippen LogP contribution is 2.25. The molecule has 3 nitrogen and oxygen atoms in total. The van der Waals surface area contributed by atoms with Gasteiger partial charge in [-0.2, -0.15) is 11.8 Å². The molecule has 128 valence electrons. The van der Waals surface area contributed by atoms with E-state index in [9.17, 15) is 4.79 Å². The number of nitrogens with zero attached hydrogens (tertiary/aromatic N) is 1. The largest absolute Gasteiger partial charge is 0.348 e. The summed E-state index contributed by atoms with van der Waals surface area (Å²) in [5.74, 6) is 1.22. The maximum absolute atomic E-state index is 12.5. The molecule has 0 saturated carbocycles. The Labute approximate surface area is 148 Å². The van der Waals surface area contributed by atoms with E-state index in [0.717, 1.165) is 12.3 Å². The summed E-state index contributed by atoms with van der Waals surface area (Å²) in [7, 11) is 0. The highest BCUT2D eigenvalue weighted by Gasteiger charge is 2.27. The van der Waals surface area contributed by atoms with E-state index in [0.29, 0.717) is 17.8 Å². The van der Waals surface area contributed by atoms with Crippen LogP contribution in [0.25, 0.3) is 10.8 Å². The molecule has 3 rings (SSSR count). The molecule has 1 aliphatic rings. The summed E-state index contributed by atoms with van der Waals surface area (Å²) in [6.45, 7) is 8.02. The summed E-state index contributed by atoms with van der Waals surface area (Å²) in [6.07, 6.45) is 0. The first-order valence-electron chi connectivity index (χ1n) is 8.69. The molecular formula is C20H26N2OS. The summed E-state index contributed by atoms with van der Waals surface area (Å²) < 4.78 is 0. The van der Waals surface area contributed by atoms with Crippen molar-refractivity contribution in [1.29, 1.82) is 0 Å². The Morgan fingerprint density at radius 2 is 2.00 bits per heavy atom. The third-order valence-corrected chi connectivity index (χ3v) is 6.37. The van der Waals surface area contributed by atoms with E-state index in [1.807, 2.05) is 17.8 Å². The second-order valence-corrected chi connectivity index (χ2v) is 8.13. The quantitative estimate of drug-likeness (QED) is 0.916.